The second kappa shape index (κ2) is 4.93. The van der Waals surface area contributed by atoms with Gasteiger partial charge in [-0.25, -0.2) is 0 Å². The molecular weight excluding hydrogens is 238 g/mol. The van der Waals surface area contributed by atoms with Gasteiger partial charge in [0, 0.05) is 18.8 Å². The molecule has 0 spiro atoms. The van der Waals surface area contributed by atoms with Crippen LogP contribution in [0.1, 0.15) is 48.2 Å². The van der Waals surface area contributed by atoms with Crippen LogP contribution in [0.4, 0.5) is 0 Å². The SMILES string of the molecule is CC1CC(CN)CN1C(=O)c1ccc(C2CC2)cn1. The summed E-state index contributed by atoms with van der Waals surface area (Å²) in [5.74, 6) is 1.17. The molecular formula is C15H21N3O. The molecule has 1 saturated heterocycles. The van der Waals surface area contributed by atoms with Crippen LogP contribution in [-0.4, -0.2) is 34.9 Å². The third-order valence-electron chi connectivity index (χ3n) is 4.31. The summed E-state index contributed by atoms with van der Waals surface area (Å²) in [5, 5.41) is 0. The van der Waals surface area contributed by atoms with Gasteiger partial charge >= 0.3 is 0 Å². The standard InChI is InChI=1S/C15H21N3O/c1-10-6-11(7-16)9-18(10)15(19)14-5-4-13(8-17-14)12-2-3-12/h4-5,8,10-12H,2-3,6-7,9,16H2,1H3. The highest BCUT2D eigenvalue weighted by Crippen LogP contribution is 2.39. The summed E-state index contributed by atoms with van der Waals surface area (Å²) in [4.78, 5) is 18.7. The van der Waals surface area contributed by atoms with Gasteiger partial charge in [-0.2, -0.15) is 0 Å². The Bertz CT molecular complexity index is 467. The van der Waals surface area contributed by atoms with E-state index in [2.05, 4.69) is 18.0 Å². The van der Waals surface area contributed by atoms with Crippen molar-refractivity contribution in [1.29, 1.82) is 0 Å². The van der Waals surface area contributed by atoms with Gasteiger partial charge in [0.25, 0.3) is 5.91 Å². The van der Waals surface area contributed by atoms with Crippen molar-refractivity contribution < 1.29 is 4.79 Å². The van der Waals surface area contributed by atoms with Crippen LogP contribution in [0.5, 0.6) is 0 Å². The molecule has 2 atom stereocenters. The lowest BCUT2D eigenvalue weighted by atomic mass is 10.1. The summed E-state index contributed by atoms with van der Waals surface area (Å²) >= 11 is 0. The number of hydrogen-bond acceptors (Lipinski definition) is 3. The van der Waals surface area contributed by atoms with Gasteiger partial charge in [0.2, 0.25) is 0 Å². The number of aromatic nitrogens is 1. The van der Waals surface area contributed by atoms with Crippen LogP contribution in [0.2, 0.25) is 0 Å². The number of likely N-dealkylation sites (tertiary alicyclic amines) is 1. The zero-order valence-electron chi connectivity index (χ0n) is 11.4. The largest absolute Gasteiger partial charge is 0.334 e. The van der Waals surface area contributed by atoms with E-state index in [9.17, 15) is 4.79 Å². The van der Waals surface area contributed by atoms with Crippen molar-refractivity contribution in [2.45, 2.75) is 38.1 Å². The Labute approximate surface area is 114 Å². The molecule has 19 heavy (non-hydrogen) atoms. The number of rotatable bonds is 3. The van der Waals surface area contributed by atoms with Crippen LogP contribution in [0.15, 0.2) is 18.3 Å². The number of amides is 1. The number of nitrogens with two attached hydrogens (primary N) is 1. The van der Waals surface area contributed by atoms with E-state index in [1.807, 2.05) is 17.2 Å². The molecule has 4 nitrogen and oxygen atoms in total. The van der Waals surface area contributed by atoms with Crippen molar-refractivity contribution in [3.63, 3.8) is 0 Å². The molecule has 2 N–H and O–H groups in total. The molecule has 3 rings (SSSR count). The number of hydrogen-bond donors (Lipinski definition) is 1. The Hall–Kier alpha value is -1.42. The summed E-state index contributed by atoms with van der Waals surface area (Å²) in [6.07, 6.45) is 5.39. The molecule has 1 saturated carbocycles. The third kappa shape index (κ3) is 2.50. The molecule has 1 aliphatic carbocycles. The second-order valence-electron chi connectivity index (χ2n) is 5.90. The summed E-state index contributed by atoms with van der Waals surface area (Å²) in [5.41, 5.74) is 7.54. The predicted octanol–water partition coefficient (Wildman–Crippen LogP) is 1.77. The zero-order valence-corrected chi connectivity index (χ0v) is 11.4. The summed E-state index contributed by atoms with van der Waals surface area (Å²) in [6.45, 7) is 3.51. The number of pyridine rings is 1. The maximum atomic E-state index is 12.4. The van der Waals surface area contributed by atoms with E-state index in [0.717, 1.165) is 13.0 Å². The number of carbonyl (C=O) groups is 1. The van der Waals surface area contributed by atoms with E-state index in [-0.39, 0.29) is 11.9 Å². The van der Waals surface area contributed by atoms with Crippen LogP contribution in [0, 0.1) is 5.92 Å². The van der Waals surface area contributed by atoms with Crippen molar-refractivity contribution >= 4 is 5.91 Å². The molecule has 1 aromatic rings. The maximum absolute atomic E-state index is 12.4. The van der Waals surface area contributed by atoms with Gasteiger partial charge in [0.1, 0.15) is 5.69 Å². The highest BCUT2D eigenvalue weighted by molar-refractivity contribution is 5.92. The van der Waals surface area contributed by atoms with Gasteiger partial charge < -0.3 is 10.6 Å². The third-order valence-corrected chi connectivity index (χ3v) is 4.31. The molecule has 0 aromatic carbocycles. The predicted molar refractivity (Wildman–Crippen MR) is 73.9 cm³/mol. The molecule has 2 fully saturated rings. The average Bonchev–Trinajstić information content (AvgIpc) is 3.21. The van der Waals surface area contributed by atoms with Crippen LogP contribution < -0.4 is 5.73 Å². The normalized spacial score (nSPS) is 26.7. The highest BCUT2D eigenvalue weighted by atomic mass is 16.2. The van der Waals surface area contributed by atoms with Gasteiger partial charge in [0.15, 0.2) is 0 Å². The Kier molecular flexibility index (Phi) is 3.27. The Morgan fingerprint density at radius 3 is 2.79 bits per heavy atom. The van der Waals surface area contributed by atoms with Crippen molar-refractivity contribution in [2.75, 3.05) is 13.1 Å². The second-order valence-corrected chi connectivity index (χ2v) is 5.90. The van der Waals surface area contributed by atoms with E-state index < -0.39 is 0 Å². The minimum absolute atomic E-state index is 0.0470. The minimum Gasteiger partial charge on any atom is -0.334 e. The smallest absolute Gasteiger partial charge is 0.272 e. The van der Waals surface area contributed by atoms with Crippen LogP contribution in [0.3, 0.4) is 0 Å². The molecule has 4 heteroatoms. The lowest BCUT2D eigenvalue weighted by Crippen LogP contribution is -2.34. The van der Waals surface area contributed by atoms with E-state index in [1.165, 1.54) is 18.4 Å². The van der Waals surface area contributed by atoms with Crippen molar-refractivity contribution in [3.05, 3.63) is 29.6 Å². The van der Waals surface area contributed by atoms with Crippen LogP contribution in [-0.2, 0) is 0 Å². The van der Waals surface area contributed by atoms with Crippen LogP contribution >= 0.6 is 0 Å². The van der Waals surface area contributed by atoms with Crippen LogP contribution in [0.25, 0.3) is 0 Å². The summed E-state index contributed by atoms with van der Waals surface area (Å²) in [7, 11) is 0. The highest BCUT2D eigenvalue weighted by Gasteiger charge is 2.32. The molecule has 1 aromatic heterocycles. The molecule has 2 heterocycles. The first-order valence-corrected chi connectivity index (χ1v) is 7.16. The first-order valence-electron chi connectivity index (χ1n) is 7.16. The molecule has 1 amide bonds. The first kappa shape index (κ1) is 12.6. The summed E-state index contributed by atoms with van der Waals surface area (Å²) < 4.78 is 0. The fourth-order valence-electron chi connectivity index (χ4n) is 2.93. The van der Waals surface area contributed by atoms with E-state index in [4.69, 9.17) is 5.73 Å². The van der Waals surface area contributed by atoms with Crippen molar-refractivity contribution in [3.8, 4) is 0 Å². The molecule has 102 valence electrons. The summed E-state index contributed by atoms with van der Waals surface area (Å²) in [6, 6.07) is 4.20. The van der Waals surface area contributed by atoms with E-state index in [1.54, 1.807) is 0 Å². The van der Waals surface area contributed by atoms with Gasteiger partial charge in [-0.15, -0.1) is 0 Å². The van der Waals surface area contributed by atoms with Gasteiger partial charge in [-0.1, -0.05) is 6.07 Å². The first-order chi connectivity index (χ1) is 9.19. The fraction of sp³-hybridized carbons (Fsp3) is 0.600. The minimum atomic E-state index is 0.0470. The monoisotopic (exact) mass is 259 g/mol. The van der Waals surface area contributed by atoms with Gasteiger partial charge in [-0.05, 0) is 56.2 Å². The lowest BCUT2D eigenvalue weighted by molar-refractivity contribution is 0.0737. The Balaban J connectivity index is 1.72. The molecule has 0 bridgehead atoms. The molecule has 0 radical (unpaired) electrons. The zero-order chi connectivity index (χ0) is 13.4. The number of carbonyl (C=O) groups excluding carboxylic acids is 1. The Morgan fingerprint density at radius 2 is 2.26 bits per heavy atom. The molecule has 2 aliphatic rings. The van der Waals surface area contributed by atoms with E-state index in [0.29, 0.717) is 24.1 Å². The molecule has 1 aliphatic heterocycles. The van der Waals surface area contributed by atoms with Gasteiger partial charge in [0.05, 0.1) is 0 Å². The lowest BCUT2D eigenvalue weighted by Gasteiger charge is -2.21. The van der Waals surface area contributed by atoms with Gasteiger partial charge in [-0.3, -0.25) is 9.78 Å². The average molecular weight is 259 g/mol. The van der Waals surface area contributed by atoms with Crippen molar-refractivity contribution in [1.82, 2.24) is 9.88 Å². The van der Waals surface area contributed by atoms with E-state index >= 15 is 0 Å². The quantitative estimate of drug-likeness (QED) is 0.900. The Morgan fingerprint density at radius 1 is 1.47 bits per heavy atom. The molecule has 2 unspecified atom stereocenters. The fourth-order valence-corrected chi connectivity index (χ4v) is 2.93. The number of nitrogens with zero attached hydrogens (tertiary/aromatic N) is 2. The topological polar surface area (TPSA) is 59.2 Å². The van der Waals surface area contributed by atoms with Crippen molar-refractivity contribution in [2.24, 2.45) is 11.7 Å². The maximum Gasteiger partial charge on any atom is 0.272 e.